The van der Waals surface area contributed by atoms with Crippen molar-refractivity contribution in [2.75, 3.05) is 10.7 Å². The minimum Gasteiger partial charge on any atom is -0.340 e. The lowest BCUT2D eigenvalue weighted by atomic mass is 10.2. The molecular weight excluding hydrogens is 269 g/mol. The zero-order valence-electron chi connectivity index (χ0n) is 11.4. The lowest BCUT2D eigenvalue weighted by molar-refractivity contribution is 0.619. The third-order valence-corrected chi connectivity index (χ3v) is 3.15. The van der Waals surface area contributed by atoms with Gasteiger partial charge in [0.2, 0.25) is 5.95 Å². The summed E-state index contributed by atoms with van der Waals surface area (Å²) >= 11 is 0. The van der Waals surface area contributed by atoms with Crippen molar-refractivity contribution in [3.05, 3.63) is 53.8 Å². The highest BCUT2D eigenvalue weighted by Crippen LogP contribution is 2.25. The van der Waals surface area contributed by atoms with Crippen LogP contribution in [0.1, 0.15) is 5.56 Å². The lowest BCUT2D eigenvalue weighted by Gasteiger charge is -2.11. The minimum atomic E-state index is -0.239. The number of hydrazine groups is 1. The summed E-state index contributed by atoms with van der Waals surface area (Å²) in [5.41, 5.74) is 4.53. The number of rotatable bonds is 3. The maximum absolute atomic E-state index is 13.3. The largest absolute Gasteiger partial charge is 0.340 e. The Morgan fingerprint density at radius 2 is 1.90 bits per heavy atom. The van der Waals surface area contributed by atoms with E-state index >= 15 is 0 Å². The van der Waals surface area contributed by atoms with E-state index in [1.54, 1.807) is 19.1 Å². The highest BCUT2D eigenvalue weighted by molar-refractivity contribution is 5.91. The van der Waals surface area contributed by atoms with Gasteiger partial charge in [-0.1, -0.05) is 12.1 Å². The van der Waals surface area contributed by atoms with Crippen molar-refractivity contribution in [2.24, 2.45) is 5.84 Å². The summed E-state index contributed by atoms with van der Waals surface area (Å²) in [6.45, 7) is 1.71. The zero-order chi connectivity index (χ0) is 14.8. The van der Waals surface area contributed by atoms with Crippen LogP contribution in [0.5, 0.6) is 0 Å². The van der Waals surface area contributed by atoms with Gasteiger partial charge in [-0.2, -0.15) is 4.98 Å². The number of hydrogen-bond acceptors (Lipinski definition) is 5. The standard InChI is InChI=1S/C15H14FN5/c1-9-8-10(6-7-12(9)16)18-14-11-4-2-3-5-13(11)19-15(20-14)21-17/h2-8H,17H2,1H3,(H2,18,19,20,21). The molecule has 1 heterocycles. The number of nitrogen functional groups attached to an aromatic ring is 1. The summed E-state index contributed by atoms with van der Waals surface area (Å²) in [6.07, 6.45) is 0. The Labute approximate surface area is 121 Å². The Morgan fingerprint density at radius 3 is 2.67 bits per heavy atom. The quantitative estimate of drug-likeness (QED) is 0.508. The van der Waals surface area contributed by atoms with Gasteiger partial charge < -0.3 is 5.32 Å². The molecule has 0 spiro atoms. The molecule has 3 aromatic rings. The number of nitrogens with two attached hydrogens (primary N) is 1. The van der Waals surface area contributed by atoms with E-state index in [2.05, 4.69) is 20.7 Å². The normalized spacial score (nSPS) is 10.6. The van der Waals surface area contributed by atoms with Crippen LogP contribution in [0.25, 0.3) is 10.9 Å². The second kappa shape index (κ2) is 5.34. The van der Waals surface area contributed by atoms with Gasteiger partial charge in [-0.25, -0.2) is 15.2 Å². The van der Waals surface area contributed by atoms with E-state index in [0.717, 1.165) is 16.6 Å². The molecule has 106 valence electrons. The Balaban J connectivity index is 2.08. The van der Waals surface area contributed by atoms with E-state index in [1.807, 2.05) is 24.3 Å². The van der Waals surface area contributed by atoms with Gasteiger partial charge in [-0.15, -0.1) is 0 Å². The molecule has 0 fully saturated rings. The maximum Gasteiger partial charge on any atom is 0.239 e. The van der Waals surface area contributed by atoms with Crippen molar-refractivity contribution < 1.29 is 4.39 Å². The number of para-hydroxylation sites is 1. The monoisotopic (exact) mass is 283 g/mol. The summed E-state index contributed by atoms with van der Waals surface area (Å²) < 4.78 is 13.3. The van der Waals surface area contributed by atoms with E-state index in [9.17, 15) is 4.39 Å². The van der Waals surface area contributed by atoms with Crippen molar-refractivity contribution in [1.29, 1.82) is 0 Å². The summed E-state index contributed by atoms with van der Waals surface area (Å²) in [5.74, 6) is 6.08. The molecule has 0 saturated heterocycles. The molecule has 4 N–H and O–H groups in total. The fourth-order valence-corrected chi connectivity index (χ4v) is 2.10. The fourth-order valence-electron chi connectivity index (χ4n) is 2.10. The molecule has 0 amide bonds. The molecule has 0 unspecified atom stereocenters. The Hall–Kier alpha value is -2.73. The molecule has 3 rings (SSSR count). The third kappa shape index (κ3) is 2.61. The predicted octanol–water partition coefficient (Wildman–Crippen LogP) is 3.11. The molecular formula is C15H14FN5. The Kier molecular flexibility index (Phi) is 3.37. The Bertz CT molecular complexity index is 803. The lowest BCUT2D eigenvalue weighted by Crippen LogP contribution is -2.11. The van der Waals surface area contributed by atoms with Gasteiger partial charge in [0.15, 0.2) is 0 Å². The number of benzene rings is 2. The predicted molar refractivity (Wildman–Crippen MR) is 81.8 cm³/mol. The number of aryl methyl sites for hydroxylation is 1. The smallest absolute Gasteiger partial charge is 0.239 e. The average molecular weight is 283 g/mol. The molecule has 2 aromatic carbocycles. The Morgan fingerprint density at radius 1 is 1.10 bits per heavy atom. The molecule has 0 aliphatic heterocycles. The molecule has 21 heavy (non-hydrogen) atoms. The number of halogens is 1. The highest BCUT2D eigenvalue weighted by Gasteiger charge is 2.08. The van der Waals surface area contributed by atoms with Gasteiger partial charge in [-0.3, -0.25) is 5.43 Å². The number of fused-ring (bicyclic) bond motifs is 1. The first-order valence-electron chi connectivity index (χ1n) is 6.44. The van der Waals surface area contributed by atoms with Crippen LogP contribution in [0.15, 0.2) is 42.5 Å². The molecule has 0 atom stereocenters. The van der Waals surface area contributed by atoms with Crippen molar-refractivity contribution in [1.82, 2.24) is 9.97 Å². The number of nitrogens with zero attached hydrogens (tertiary/aromatic N) is 2. The van der Waals surface area contributed by atoms with Crippen LogP contribution in [-0.2, 0) is 0 Å². The van der Waals surface area contributed by atoms with E-state index in [0.29, 0.717) is 17.3 Å². The van der Waals surface area contributed by atoms with Crippen molar-refractivity contribution in [3.63, 3.8) is 0 Å². The van der Waals surface area contributed by atoms with Crippen molar-refractivity contribution in [3.8, 4) is 0 Å². The van der Waals surface area contributed by atoms with Gasteiger partial charge in [0.1, 0.15) is 11.6 Å². The van der Waals surface area contributed by atoms with Gasteiger partial charge >= 0.3 is 0 Å². The molecule has 5 nitrogen and oxygen atoms in total. The van der Waals surface area contributed by atoms with E-state index in [1.165, 1.54) is 6.07 Å². The van der Waals surface area contributed by atoms with E-state index < -0.39 is 0 Å². The minimum absolute atomic E-state index is 0.239. The van der Waals surface area contributed by atoms with Crippen molar-refractivity contribution >= 4 is 28.4 Å². The van der Waals surface area contributed by atoms with E-state index in [4.69, 9.17) is 5.84 Å². The van der Waals surface area contributed by atoms with E-state index in [-0.39, 0.29) is 5.82 Å². The summed E-state index contributed by atoms with van der Waals surface area (Å²) in [4.78, 5) is 8.60. The summed E-state index contributed by atoms with van der Waals surface area (Å²) in [6, 6.07) is 12.4. The topological polar surface area (TPSA) is 75.9 Å². The number of hydrogen-bond donors (Lipinski definition) is 3. The van der Waals surface area contributed by atoms with Gasteiger partial charge in [-0.05, 0) is 42.8 Å². The first kappa shape index (κ1) is 13.3. The number of aromatic nitrogens is 2. The average Bonchev–Trinajstić information content (AvgIpc) is 2.51. The van der Waals surface area contributed by atoms with Crippen LogP contribution >= 0.6 is 0 Å². The molecule has 0 saturated carbocycles. The highest BCUT2D eigenvalue weighted by atomic mass is 19.1. The van der Waals surface area contributed by atoms with Crippen LogP contribution in [0.3, 0.4) is 0 Å². The van der Waals surface area contributed by atoms with Crippen LogP contribution in [0, 0.1) is 12.7 Å². The number of anilines is 3. The molecule has 1 aromatic heterocycles. The summed E-state index contributed by atoms with van der Waals surface area (Å²) in [7, 11) is 0. The van der Waals surface area contributed by atoms with Gasteiger partial charge in [0.05, 0.1) is 5.52 Å². The van der Waals surface area contributed by atoms with Gasteiger partial charge in [0, 0.05) is 11.1 Å². The molecule has 0 bridgehead atoms. The molecule has 0 radical (unpaired) electrons. The zero-order valence-corrected chi connectivity index (χ0v) is 11.4. The molecule has 6 heteroatoms. The van der Waals surface area contributed by atoms with Crippen LogP contribution in [0.4, 0.5) is 21.8 Å². The fraction of sp³-hybridized carbons (Fsp3) is 0.0667. The van der Waals surface area contributed by atoms with Gasteiger partial charge in [0.25, 0.3) is 0 Å². The first-order chi connectivity index (χ1) is 10.2. The molecule has 0 aliphatic carbocycles. The third-order valence-electron chi connectivity index (χ3n) is 3.15. The SMILES string of the molecule is Cc1cc(Nc2nc(NN)nc3ccccc23)ccc1F. The van der Waals surface area contributed by atoms with Crippen LogP contribution in [0.2, 0.25) is 0 Å². The molecule has 0 aliphatic rings. The second-order valence-electron chi connectivity index (χ2n) is 4.65. The van der Waals surface area contributed by atoms with Crippen molar-refractivity contribution in [2.45, 2.75) is 6.92 Å². The number of nitrogens with one attached hydrogen (secondary N) is 2. The summed E-state index contributed by atoms with van der Waals surface area (Å²) in [5, 5.41) is 4.04. The maximum atomic E-state index is 13.3. The van der Waals surface area contributed by atoms with Crippen LogP contribution in [-0.4, -0.2) is 9.97 Å². The first-order valence-corrected chi connectivity index (χ1v) is 6.44. The van der Waals surface area contributed by atoms with Crippen LogP contribution < -0.4 is 16.6 Å². The second-order valence-corrected chi connectivity index (χ2v) is 4.65.